The molecule has 0 aromatic rings. The van der Waals surface area contributed by atoms with E-state index >= 15 is 0 Å². The van der Waals surface area contributed by atoms with E-state index in [4.69, 9.17) is 23.9 Å². The SMILES string of the molecule is O=S(=O)(O)O[C@@H]1OC[C@@H](O[C@@H]2O[C@H](CO)[C@H](O)[C@H](O)[C@H]2O)[C@@H](O)[C@@H]1O. The van der Waals surface area contributed by atoms with Gasteiger partial charge >= 0.3 is 10.4 Å². The predicted molar refractivity (Wildman–Crippen MR) is 73.0 cm³/mol. The maximum Gasteiger partial charge on any atom is 0.399 e. The van der Waals surface area contributed by atoms with Gasteiger partial charge in [-0.1, -0.05) is 0 Å². The summed E-state index contributed by atoms with van der Waals surface area (Å²) in [6, 6.07) is 0. The second-order valence-electron chi connectivity index (χ2n) is 5.58. The lowest BCUT2D eigenvalue weighted by atomic mass is 9.99. The van der Waals surface area contributed by atoms with E-state index in [-0.39, 0.29) is 0 Å². The summed E-state index contributed by atoms with van der Waals surface area (Å²) in [4.78, 5) is 0. The average molecular weight is 392 g/mol. The van der Waals surface area contributed by atoms with Gasteiger partial charge < -0.3 is 44.8 Å². The Morgan fingerprint density at radius 3 is 2.08 bits per heavy atom. The van der Waals surface area contributed by atoms with Crippen molar-refractivity contribution < 1.29 is 62.0 Å². The standard InChI is InChI=1S/C11H20O13S/c12-1-3-5(13)7(15)9(17)11(22-3)23-4-2-21-10(8(16)6(4)14)24-25(18,19)20/h3-17H,1-2H2,(H,18,19,20)/t3-,4-,5+,6-,7+,8+,9-,10+,11+/m1/s1. The van der Waals surface area contributed by atoms with Crippen LogP contribution in [0.2, 0.25) is 0 Å². The highest BCUT2D eigenvalue weighted by molar-refractivity contribution is 7.80. The Labute approximate surface area is 141 Å². The molecule has 7 N–H and O–H groups in total. The molecule has 2 fully saturated rings. The van der Waals surface area contributed by atoms with Crippen molar-refractivity contribution in [3.8, 4) is 0 Å². The lowest BCUT2D eigenvalue weighted by molar-refractivity contribution is -0.338. The molecule has 25 heavy (non-hydrogen) atoms. The quantitative estimate of drug-likeness (QED) is 0.219. The van der Waals surface area contributed by atoms with Crippen molar-refractivity contribution in [2.24, 2.45) is 0 Å². The Morgan fingerprint density at radius 1 is 0.920 bits per heavy atom. The van der Waals surface area contributed by atoms with E-state index < -0.39 is 78.9 Å². The summed E-state index contributed by atoms with van der Waals surface area (Å²) in [7, 11) is -4.95. The third-order valence-corrected chi connectivity index (χ3v) is 4.24. The number of ether oxygens (including phenoxy) is 3. The molecule has 2 aliphatic heterocycles. The number of aliphatic hydroxyl groups excluding tert-OH is 6. The van der Waals surface area contributed by atoms with Gasteiger partial charge in [0.25, 0.3) is 0 Å². The van der Waals surface area contributed by atoms with Crippen molar-refractivity contribution >= 4 is 10.4 Å². The Balaban J connectivity index is 2.01. The van der Waals surface area contributed by atoms with Crippen LogP contribution in [0, 0.1) is 0 Å². The fourth-order valence-electron chi connectivity index (χ4n) is 2.44. The molecule has 0 bridgehead atoms. The van der Waals surface area contributed by atoms with E-state index in [2.05, 4.69) is 4.18 Å². The molecule has 9 atom stereocenters. The molecule has 0 spiro atoms. The molecule has 0 radical (unpaired) electrons. The fourth-order valence-corrected chi connectivity index (χ4v) is 2.85. The van der Waals surface area contributed by atoms with E-state index in [1.807, 2.05) is 0 Å². The maximum atomic E-state index is 10.6. The van der Waals surface area contributed by atoms with Gasteiger partial charge in [-0.05, 0) is 0 Å². The summed E-state index contributed by atoms with van der Waals surface area (Å²) in [5, 5.41) is 58.0. The van der Waals surface area contributed by atoms with Crippen molar-refractivity contribution in [3.05, 3.63) is 0 Å². The molecule has 0 aliphatic carbocycles. The molecule has 0 saturated carbocycles. The highest BCUT2D eigenvalue weighted by Gasteiger charge is 2.48. The molecule has 13 nitrogen and oxygen atoms in total. The van der Waals surface area contributed by atoms with Gasteiger partial charge in [0.05, 0.1) is 13.2 Å². The van der Waals surface area contributed by atoms with Crippen LogP contribution >= 0.6 is 0 Å². The van der Waals surface area contributed by atoms with Crippen molar-refractivity contribution in [2.75, 3.05) is 13.2 Å². The van der Waals surface area contributed by atoms with Gasteiger partial charge in [0.1, 0.15) is 42.7 Å². The second kappa shape index (κ2) is 8.03. The molecule has 0 amide bonds. The largest absolute Gasteiger partial charge is 0.399 e. The first kappa shape index (κ1) is 20.8. The summed E-state index contributed by atoms with van der Waals surface area (Å²) >= 11 is 0. The minimum absolute atomic E-state index is 0.534. The molecule has 2 saturated heterocycles. The fraction of sp³-hybridized carbons (Fsp3) is 1.00. The first-order valence-corrected chi connectivity index (χ1v) is 8.51. The molecule has 14 heteroatoms. The van der Waals surface area contributed by atoms with Crippen molar-refractivity contribution in [1.29, 1.82) is 0 Å². The summed E-state index contributed by atoms with van der Waals surface area (Å²) in [5.41, 5.74) is 0. The zero-order valence-electron chi connectivity index (χ0n) is 12.6. The van der Waals surface area contributed by atoms with Crippen LogP contribution < -0.4 is 0 Å². The maximum absolute atomic E-state index is 10.6. The minimum Gasteiger partial charge on any atom is -0.394 e. The van der Waals surface area contributed by atoms with Gasteiger partial charge in [0, 0.05) is 0 Å². The van der Waals surface area contributed by atoms with E-state index in [0.29, 0.717) is 0 Å². The summed E-state index contributed by atoms with van der Waals surface area (Å²) in [6.07, 6.45) is -14.8. The Kier molecular flexibility index (Phi) is 6.69. The van der Waals surface area contributed by atoms with Crippen LogP contribution in [0.25, 0.3) is 0 Å². The Bertz CT molecular complexity index is 538. The van der Waals surface area contributed by atoms with E-state index in [1.165, 1.54) is 0 Å². The van der Waals surface area contributed by atoms with E-state index in [9.17, 15) is 34.0 Å². The summed E-state index contributed by atoms with van der Waals surface area (Å²) in [6.45, 7) is -1.23. The predicted octanol–water partition coefficient (Wildman–Crippen LogP) is -4.93. The van der Waals surface area contributed by atoms with Gasteiger partial charge in [-0.2, -0.15) is 8.42 Å². The first-order valence-electron chi connectivity index (χ1n) is 7.14. The van der Waals surface area contributed by atoms with Gasteiger partial charge in [0.15, 0.2) is 6.29 Å². The second-order valence-corrected chi connectivity index (χ2v) is 6.63. The topological polar surface area (TPSA) is 213 Å². The smallest absolute Gasteiger partial charge is 0.394 e. The lowest BCUT2D eigenvalue weighted by Gasteiger charge is -2.43. The van der Waals surface area contributed by atoms with Crippen LogP contribution in [0.3, 0.4) is 0 Å². The third-order valence-electron chi connectivity index (χ3n) is 3.81. The summed E-state index contributed by atoms with van der Waals surface area (Å²) < 4.78 is 49.0. The van der Waals surface area contributed by atoms with Crippen LogP contribution in [0.5, 0.6) is 0 Å². The summed E-state index contributed by atoms with van der Waals surface area (Å²) in [5.74, 6) is 0. The Morgan fingerprint density at radius 2 is 1.52 bits per heavy atom. The number of hydrogen-bond donors (Lipinski definition) is 7. The molecular formula is C11H20O13S. The molecule has 2 rings (SSSR count). The molecular weight excluding hydrogens is 372 g/mol. The number of rotatable bonds is 5. The van der Waals surface area contributed by atoms with Crippen molar-refractivity contribution in [2.45, 2.75) is 55.3 Å². The molecule has 2 aliphatic rings. The van der Waals surface area contributed by atoms with E-state index in [0.717, 1.165) is 0 Å². The normalized spacial score (nSPS) is 46.1. The van der Waals surface area contributed by atoms with Crippen LogP contribution in [0.4, 0.5) is 0 Å². The van der Waals surface area contributed by atoms with Gasteiger partial charge in [-0.15, -0.1) is 0 Å². The minimum atomic E-state index is -4.95. The molecule has 2 heterocycles. The van der Waals surface area contributed by atoms with Crippen LogP contribution in [0.1, 0.15) is 0 Å². The van der Waals surface area contributed by atoms with Gasteiger partial charge in [0.2, 0.25) is 6.29 Å². The van der Waals surface area contributed by atoms with Crippen LogP contribution in [0.15, 0.2) is 0 Å². The monoisotopic (exact) mass is 392 g/mol. The van der Waals surface area contributed by atoms with Crippen molar-refractivity contribution in [1.82, 2.24) is 0 Å². The molecule has 0 aromatic heterocycles. The highest BCUT2D eigenvalue weighted by atomic mass is 32.3. The zero-order valence-corrected chi connectivity index (χ0v) is 13.4. The van der Waals surface area contributed by atoms with E-state index in [1.54, 1.807) is 0 Å². The number of aliphatic hydroxyl groups is 6. The molecule has 0 aromatic carbocycles. The highest BCUT2D eigenvalue weighted by Crippen LogP contribution is 2.26. The first-order chi connectivity index (χ1) is 11.5. The molecule has 148 valence electrons. The lowest BCUT2D eigenvalue weighted by Crippen LogP contribution is -2.62. The number of hydrogen-bond acceptors (Lipinski definition) is 12. The van der Waals surface area contributed by atoms with Crippen LogP contribution in [-0.2, 0) is 28.8 Å². The van der Waals surface area contributed by atoms with Gasteiger partial charge in [-0.25, -0.2) is 4.18 Å². The van der Waals surface area contributed by atoms with Crippen LogP contribution in [-0.4, -0.2) is 112 Å². The third kappa shape index (κ3) is 4.82. The average Bonchev–Trinajstić information content (AvgIpc) is 2.53. The molecule has 0 unspecified atom stereocenters. The zero-order chi connectivity index (χ0) is 18.9. The Hall–Kier alpha value is -0.490. The van der Waals surface area contributed by atoms with Gasteiger partial charge in [-0.3, -0.25) is 4.55 Å². The van der Waals surface area contributed by atoms with Crippen molar-refractivity contribution in [3.63, 3.8) is 0 Å².